The molecular formula is C22H27ClN2O6S. The lowest BCUT2D eigenvalue weighted by Crippen LogP contribution is -2.49. The van der Waals surface area contributed by atoms with E-state index in [2.05, 4.69) is 5.32 Å². The average Bonchev–Trinajstić information content (AvgIpc) is 2.75. The molecule has 10 heteroatoms. The largest absolute Gasteiger partial charge is 0.495 e. The number of carbonyl (C=O) groups is 1. The van der Waals surface area contributed by atoms with Crippen LogP contribution >= 0.6 is 11.6 Å². The molecule has 2 atom stereocenters. The molecule has 0 bridgehead atoms. The monoisotopic (exact) mass is 482 g/mol. The first-order valence-electron chi connectivity index (χ1n) is 10.2. The fraction of sp³-hybridized carbons (Fsp3) is 0.409. The van der Waals surface area contributed by atoms with Crippen LogP contribution in [0.3, 0.4) is 0 Å². The number of ether oxygens (including phenoxy) is 3. The van der Waals surface area contributed by atoms with Crippen LogP contribution in [0.4, 0.5) is 5.69 Å². The fourth-order valence-corrected chi connectivity index (χ4v) is 4.97. The summed E-state index contributed by atoms with van der Waals surface area (Å²) in [5, 5.41) is 3.24. The molecule has 174 valence electrons. The predicted octanol–water partition coefficient (Wildman–Crippen LogP) is 3.54. The van der Waals surface area contributed by atoms with Gasteiger partial charge in [0.05, 0.1) is 25.1 Å². The van der Waals surface area contributed by atoms with Crippen molar-refractivity contribution in [2.24, 2.45) is 0 Å². The van der Waals surface area contributed by atoms with Crippen LogP contribution < -0.4 is 23.8 Å². The summed E-state index contributed by atoms with van der Waals surface area (Å²) in [5.74, 6) is 1.12. The first kappa shape index (κ1) is 24.0. The van der Waals surface area contributed by atoms with Crippen molar-refractivity contribution in [3.63, 3.8) is 0 Å². The van der Waals surface area contributed by atoms with Crippen molar-refractivity contribution < 1.29 is 27.4 Å². The minimum Gasteiger partial charge on any atom is -0.495 e. The summed E-state index contributed by atoms with van der Waals surface area (Å²) in [4.78, 5) is 13.2. The Kier molecular flexibility index (Phi) is 7.40. The molecule has 0 aliphatic carbocycles. The summed E-state index contributed by atoms with van der Waals surface area (Å²) < 4.78 is 43.0. The van der Waals surface area contributed by atoms with Crippen LogP contribution in [0.15, 0.2) is 36.4 Å². The number of nitrogens with zero attached hydrogens (tertiary/aromatic N) is 1. The summed E-state index contributed by atoms with van der Waals surface area (Å²) in [7, 11) is -2.41. The molecule has 1 aliphatic rings. The molecule has 1 amide bonds. The molecule has 3 rings (SSSR count). The fourth-order valence-electron chi connectivity index (χ4n) is 3.59. The van der Waals surface area contributed by atoms with Crippen LogP contribution in [-0.4, -0.2) is 46.9 Å². The summed E-state index contributed by atoms with van der Waals surface area (Å²) in [5.41, 5.74) is 1.01. The van der Waals surface area contributed by atoms with Crippen LogP contribution in [0.2, 0.25) is 5.02 Å². The van der Waals surface area contributed by atoms with Gasteiger partial charge >= 0.3 is 0 Å². The standard InChI is InChI=1S/C22H27ClN2O6S/c1-5-17(25(32(4,27)28)18-13-16(23)7-9-19(18)29-3)22(26)24-14(2)15-6-8-20-21(12-15)31-11-10-30-20/h6-9,12-14,17H,5,10-11H2,1-4H3,(H,24,26)/t14-,17-/m0/s1. The maximum absolute atomic E-state index is 13.2. The van der Waals surface area contributed by atoms with Gasteiger partial charge in [-0.2, -0.15) is 0 Å². The molecule has 0 unspecified atom stereocenters. The Labute approximate surface area is 193 Å². The third-order valence-electron chi connectivity index (χ3n) is 5.13. The summed E-state index contributed by atoms with van der Waals surface area (Å²) in [6, 6.07) is 8.69. The smallest absolute Gasteiger partial charge is 0.244 e. The minimum atomic E-state index is -3.84. The molecule has 0 radical (unpaired) electrons. The third-order valence-corrected chi connectivity index (χ3v) is 6.53. The van der Waals surface area contributed by atoms with E-state index in [0.717, 1.165) is 16.1 Å². The Morgan fingerprint density at radius 2 is 1.88 bits per heavy atom. The number of amides is 1. The second-order valence-corrected chi connectivity index (χ2v) is 9.73. The minimum absolute atomic E-state index is 0.205. The van der Waals surface area contributed by atoms with Gasteiger partial charge in [-0.3, -0.25) is 9.10 Å². The second kappa shape index (κ2) is 9.87. The number of halogens is 1. The van der Waals surface area contributed by atoms with Crippen molar-refractivity contribution in [3.05, 3.63) is 47.0 Å². The topological polar surface area (TPSA) is 94.2 Å². The summed E-state index contributed by atoms with van der Waals surface area (Å²) in [6.45, 7) is 4.51. The first-order chi connectivity index (χ1) is 15.2. The van der Waals surface area contributed by atoms with Gasteiger partial charge in [0.25, 0.3) is 0 Å². The Bertz CT molecular complexity index is 1090. The normalized spacial score (nSPS) is 14.9. The van der Waals surface area contributed by atoms with E-state index in [1.54, 1.807) is 25.1 Å². The Morgan fingerprint density at radius 3 is 2.50 bits per heavy atom. The van der Waals surface area contributed by atoms with Crippen molar-refractivity contribution in [3.8, 4) is 17.2 Å². The molecule has 2 aromatic rings. The highest BCUT2D eigenvalue weighted by molar-refractivity contribution is 7.92. The van der Waals surface area contributed by atoms with E-state index in [4.69, 9.17) is 25.8 Å². The first-order valence-corrected chi connectivity index (χ1v) is 12.4. The molecule has 2 aromatic carbocycles. The Hall–Kier alpha value is -2.65. The Morgan fingerprint density at radius 1 is 1.19 bits per heavy atom. The lowest BCUT2D eigenvalue weighted by molar-refractivity contribution is -0.122. The molecule has 32 heavy (non-hydrogen) atoms. The van der Waals surface area contributed by atoms with Gasteiger partial charge in [-0.05, 0) is 49.2 Å². The van der Waals surface area contributed by atoms with Crippen LogP contribution in [0.1, 0.15) is 31.9 Å². The molecule has 1 heterocycles. The number of anilines is 1. The van der Waals surface area contributed by atoms with Crippen molar-refractivity contribution in [1.29, 1.82) is 0 Å². The lowest BCUT2D eigenvalue weighted by Gasteiger charge is -2.32. The summed E-state index contributed by atoms with van der Waals surface area (Å²) >= 11 is 6.12. The maximum Gasteiger partial charge on any atom is 0.244 e. The number of hydrogen-bond acceptors (Lipinski definition) is 6. The SMILES string of the molecule is CC[C@@H](C(=O)N[C@@H](C)c1ccc2c(c1)OCCO2)N(c1cc(Cl)ccc1OC)S(C)(=O)=O. The van der Waals surface area contributed by atoms with Crippen molar-refractivity contribution >= 4 is 33.2 Å². The molecule has 0 saturated heterocycles. The van der Waals surface area contributed by atoms with Gasteiger partial charge in [-0.1, -0.05) is 24.6 Å². The van der Waals surface area contributed by atoms with Gasteiger partial charge in [0.1, 0.15) is 25.0 Å². The number of sulfonamides is 1. The highest BCUT2D eigenvalue weighted by atomic mass is 35.5. The molecule has 1 aliphatic heterocycles. The number of hydrogen-bond donors (Lipinski definition) is 1. The van der Waals surface area contributed by atoms with Crippen molar-refractivity contribution in [2.75, 3.05) is 30.9 Å². The van der Waals surface area contributed by atoms with Gasteiger partial charge in [-0.25, -0.2) is 8.42 Å². The molecule has 0 fully saturated rings. The van der Waals surface area contributed by atoms with Crippen LogP contribution in [0.25, 0.3) is 0 Å². The lowest BCUT2D eigenvalue weighted by atomic mass is 10.1. The van der Waals surface area contributed by atoms with Crippen molar-refractivity contribution in [2.45, 2.75) is 32.4 Å². The summed E-state index contributed by atoms with van der Waals surface area (Å²) in [6.07, 6.45) is 1.29. The highest BCUT2D eigenvalue weighted by Gasteiger charge is 2.34. The second-order valence-electron chi connectivity index (χ2n) is 7.43. The average molecular weight is 483 g/mol. The zero-order chi connectivity index (χ0) is 23.5. The van der Waals surface area contributed by atoms with Crippen LogP contribution in [-0.2, 0) is 14.8 Å². The van der Waals surface area contributed by atoms with Crippen LogP contribution in [0, 0.1) is 0 Å². The van der Waals surface area contributed by atoms with Gasteiger partial charge in [0.2, 0.25) is 15.9 Å². The number of carbonyl (C=O) groups excluding carboxylic acids is 1. The predicted molar refractivity (Wildman–Crippen MR) is 123 cm³/mol. The van der Waals surface area contributed by atoms with E-state index in [1.165, 1.54) is 13.2 Å². The van der Waals surface area contributed by atoms with Gasteiger partial charge < -0.3 is 19.5 Å². The molecule has 8 nitrogen and oxygen atoms in total. The number of fused-ring (bicyclic) bond motifs is 1. The third kappa shape index (κ3) is 5.21. The zero-order valence-corrected chi connectivity index (χ0v) is 20.0. The number of methoxy groups -OCH3 is 1. The number of nitrogens with one attached hydrogen (secondary N) is 1. The van der Waals surface area contributed by atoms with E-state index in [9.17, 15) is 13.2 Å². The maximum atomic E-state index is 13.2. The van der Waals surface area contributed by atoms with E-state index in [-0.39, 0.29) is 12.1 Å². The highest BCUT2D eigenvalue weighted by Crippen LogP contribution is 2.35. The van der Waals surface area contributed by atoms with E-state index in [0.29, 0.717) is 35.5 Å². The number of rotatable bonds is 8. The van der Waals surface area contributed by atoms with E-state index < -0.39 is 28.0 Å². The van der Waals surface area contributed by atoms with E-state index >= 15 is 0 Å². The zero-order valence-electron chi connectivity index (χ0n) is 18.4. The van der Waals surface area contributed by atoms with Gasteiger partial charge in [0.15, 0.2) is 11.5 Å². The molecular weight excluding hydrogens is 456 g/mol. The Balaban J connectivity index is 1.89. The number of benzene rings is 2. The molecule has 0 spiro atoms. The molecule has 0 aromatic heterocycles. The molecule has 1 N–H and O–H groups in total. The van der Waals surface area contributed by atoms with Gasteiger partial charge in [0, 0.05) is 5.02 Å². The van der Waals surface area contributed by atoms with Gasteiger partial charge in [-0.15, -0.1) is 0 Å². The molecule has 0 saturated carbocycles. The van der Waals surface area contributed by atoms with Crippen LogP contribution in [0.5, 0.6) is 17.2 Å². The van der Waals surface area contributed by atoms with Crippen molar-refractivity contribution in [1.82, 2.24) is 5.32 Å². The quantitative estimate of drug-likeness (QED) is 0.618. The van der Waals surface area contributed by atoms with E-state index in [1.807, 2.05) is 19.1 Å².